The summed E-state index contributed by atoms with van der Waals surface area (Å²) < 4.78 is 0. The minimum atomic E-state index is 0.168. The van der Waals surface area contributed by atoms with Crippen molar-refractivity contribution < 1.29 is 4.79 Å². The third kappa shape index (κ3) is 3.61. The molecule has 4 heteroatoms. The number of amides is 2. The molecule has 104 valence electrons. The Kier molecular flexibility index (Phi) is 5.29. The van der Waals surface area contributed by atoms with Crippen LogP contribution in [-0.2, 0) is 0 Å². The van der Waals surface area contributed by atoms with Crippen molar-refractivity contribution in [3.8, 4) is 0 Å². The standard InChI is InChI=1S/C14H27N3O/c1-15-11-13-9-5-6-10-17(13)14(18)16-12-7-3-2-4-8-12/h12-13,15H,2-11H2,1H3,(H,16,18). The Morgan fingerprint density at radius 2 is 1.83 bits per heavy atom. The number of hydrogen-bond acceptors (Lipinski definition) is 2. The van der Waals surface area contributed by atoms with Gasteiger partial charge in [0.15, 0.2) is 0 Å². The van der Waals surface area contributed by atoms with E-state index in [0.717, 1.165) is 38.8 Å². The van der Waals surface area contributed by atoms with Gasteiger partial charge < -0.3 is 15.5 Å². The van der Waals surface area contributed by atoms with Gasteiger partial charge in [-0.3, -0.25) is 0 Å². The molecule has 2 fully saturated rings. The Balaban J connectivity index is 1.84. The van der Waals surface area contributed by atoms with Crippen molar-refractivity contribution in [1.82, 2.24) is 15.5 Å². The van der Waals surface area contributed by atoms with Crippen molar-refractivity contribution in [2.45, 2.75) is 63.5 Å². The van der Waals surface area contributed by atoms with Crippen molar-refractivity contribution in [3.63, 3.8) is 0 Å². The molecule has 2 amide bonds. The molecule has 2 aliphatic rings. The lowest BCUT2D eigenvalue weighted by Crippen LogP contribution is -2.53. The molecule has 1 aliphatic heterocycles. The highest BCUT2D eigenvalue weighted by molar-refractivity contribution is 5.75. The zero-order valence-electron chi connectivity index (χ0n) is 11.6. The molecular weight excluding hydrogens is 226 g/mol. The Morgan fingerprint density at radius 3 is 2.56 bits per heavy atom. The molecule has 0 bridgehead atoms. The highest BCUT2D eigenvalue weighted by Gasteiger charge is 2.27. The quantitative estimate of drug-likeness (QED) is 0.809. The molecule has 0 radical (unpaired) electrons. The van der Waals surface area contributed by atoms with E-state index in [1.807, 2.05) is 7.05 Å². The Bertz CT molecular complexity index is 262. The zero-order chi connectivity index (χ0) is 12.8. The lowest BCUT2D eigenvalue weighted by atomic mass is 9.95. The van der Waals surface area contributed by atoms with Gasteiger partial charge >= 0.3 is 6.03 Å². The number of likely N-dealkylation sites (tertiary alicyclic amines) is 1. The van der Waals surface area contributed by atoms with Crippen LogP contribution in [0.15, 0.2) is 0 Å². The van der Waals surface area contributed by atoms with E-state index < -0.39 is 0 Å². The van der Waals surface area contributed by atoms with Gasteiger partial charge in [-0.2, -0.15) is 0 Å². The monoisotopic (exact) mass is 253 g/mol. The SMILES string of the molecule is CNCC1CCCCN1C(=O)NC1CCCCC1. The van der Waals surface area contributed by atoms with Crippen molar-refractivity contribution in [3.05, 3.63) is 0 Å². The third-order valence-corrected chi connectivity index (χ3v) is 4.26. The van der Waals surface area contributed by atoms with Crippen LogP contribution in [0, 0.1) is 0 Å². The molecule has 1 atom stereocenters. The number of hydrogen-bond donors (Lipinski definition) is 2. The van der Waals surface area contributed by atoms with Crippen molar-refractivity contribution >= 4 is 6.03 Å². The van der Waals surface area contributed by atoms with Gasteiger partial charge in [-0.25, -0.2) is 4.79 Å². The smallest absolute Gasteiger partial charge is 0.317 e. The fraction of sp³-hybridized carbons (Fsp3) is 0.929. The first-order valence-corrected chi connectivity index (χ1v) is 7.53. The first-order valence-electron chi connectivity index (χ1n) is 7.53. The molecule has 1 saturated heterocycles. The predicted octanol–water partition coefficient (Wildman–Crippen LogP) is 2.10. The van der Waals surface area contributed by atoms with Gasteiger partial charge in [-0.05, 0) is 39.2 Å². The average molecular weight is 253 g/mol. The van der Waals surface area contributed by atoms with Crippen LogP contribution in [0.3, 0.4) is 0 Å². The first-order chi connectivity index (χ1) is 8.81. The molecule has 2 rings (SSSR count). The number of nitrogens with one attached hydrogen (secondary N) is 2. The fourth-order valence-corrected chi connectivity index (χ4v) is 3.22. The van der Waals surface area contributed by atoms with Gasteiger partial charge in [0.2, 0.25) is 0 Å². The molecule has 0 aromatic carbocycles. The topological polar surface area (TPSA) is 44.4 Å². The van der Waals surface area contributed by atoms with Gasteiger partial charge in [-0.15, -0.1) is 0 Å². The van der Waals surface area contributed by atoms with E-state index in [1.54, 1.807) is 0 Å². The second-order valence-electron chi connectivity index (χ2n) is 5.69. The van der Waals surface area contributed by atoms with Crippen LogP contribution in [0.1, 0.15) is 51.4 Å². The van der Waals surface area contributed by atoms with Gasteiger partial charge in [0.1, 0.15) is 0 Å². The van der Waals surface area contributed by atoms with Crippen LogP contribution in [0.5, 0.6) is 0 Å². The highest BCUT2D eigenvalue weighted by Crippen LogP contribution is 2.20. The summed E-state index contributed by atoms with van der Waals surface area (Å²) in [5.41, 5.74) is 0. The average Bonchev–Trinajstić information content (AvgIpc) is 2.41. The Labute approximate surface area is 110 Å². The maximum absolute atomic E-state index is 12.3. The first kappa shape index (κ1) is 13.7. The van der Waals surface area contributed by atoms with Gasteiger partial charge in [0.25, 0.3) is 0 Å². The summed E-state index contributed by atoms with van der Waals surface area (Å²) in [6, 6.07) is 0.970. The van der Waals surface area contributed by atoms with E-state index in [2.05, 4.69) is 15.5 Å². The van der Waals surface area contributed by atoms with Gasteiger partial charge in [0, 0.05) is 25.2 Å². The lowest BCUT2D eigenvalue weighted by Gasteiger charge is -2.37. The van der Waals surface area contributed by atoms with Crippen molar-refractivity contribution in [2.75, 3.05) is 20.1 Å². The number of urea groups is 1. The van der Waals surface area contributed by atoms with Crippen LogP contribution in [-0.4, -0.2) is 43.2 Å². The second kappa shape index (κ2) is 6.98. The van der Waals surface area contributed by atoms with E-state index >= 15 is 0 Å². The summed E-state index contributed by atoms with van der Waals surface area (Å²) in [5, 5.41) is 6.44. The molecular formula is C14H27N3O. The molecule has 18 heavy (non-hydrogen) atoms. The molecule has 1 heterocycles. The lowest BCUT2D eigenvalue weighted by molar-refractivity contribution is 0.145. The van der Waals surface area contributed by atoms with E-state index in [1.165, 1.54) is 25.7 Å². The zero-order valence-corrected chi connectivity index (χ0v) is 11.6. The molecule has 0 aromatic rings. The number of nitrogens with zero attached hydrogens (tertiary/aromatic N) is 1. The molecule has 0 spiro atoms. The number of carbonyl (C=O) groups is 1. The van der Waals surface area contributed by atoms with E-state index in [9.17, 15) is 4.79 Å². The molecule has 2 N–H and O–H groups in total. The maximum atomic E-state index is 12.3. The maximum Gasteiger partial charge on any atom is 0.317 e. The molecule has 1 aliphatic carbocycles. The van der Waals surface area contributed by atoms with Crippen LogP contribution in [0.25, 0.3) is 0 Å². The molecule has 1 saturated carbocycles. The molecule has 1 unspecified atom stereocenters. The van der Waals surface area contributed by atoms with E-state index in [-0.39, 0.29) is 6.03 Å². The van der Waals surface area contributed by atoms with Crippen LogP contribution in [0.2, 0.25) is 0 Å². The highest BCUT2D eigenvalue weighted by atomic mass is 16.2. The van der Waals surface area contributed by atoms with Crippen LogP contribution < -0.4 is 10.6 Å². The van der Waals surface area contributed by atoms with Crippen LogP contribution >= 0.6 is 0 Å². The summed E-state index contributed by atoms with van der Waals surface area (Å²) in [4.78, 5) is 14.4. The van der Waals surface area contributed by atoms with Crippen molar-refractivity contribution in [2.24, 2.45) is 0 Å². The second-order valence-corrected chi connectivity index (χ2v) is 5.69. The summed E-state index contributed by atoms with van der Waals surface area (Å²) in [6.45, 7) is 1.84. The summed E-state index contributed by atoms with van der Waals surface area (Å²) in [7, 11) is 1.96. The molecule has 0 aromatic heterocycles. The number of carbonyl (C=O) groups excluding carboxylic acids is 1. The minimum absolute atomic E-state index is 0.168. The van der Waals surface area contributed by atoms with Gasteiger partial charge in [-0.1, -0.05) is 19.3 Å². The molecule has 4 nitrogen and oxygen atoms in total. The third-order valence-electron chi connectivity index (χ3n) is 4.26. The van der Waals surface area contributed by atoms with E-state index in [4.69, 9.17) is 0 Å². The number of piperidine rings is 1. The number of likely N-dealkylation sites (N-methyl/N-ethyl adjacent to an activating group) is 1. The fourth-order valence-electron chi connectivity index (χ4n) is 3.22. The van der Waals surface area contributed by atoms with Crippen molar-refractivity contribution in [1.29, 1.82) is 0 Å². The van der Waals surface area contributed by atoms with Crippen LogP contribution in [0.4, 0.5) is 4.79 Å². The minimum Gasteiger partial charge on any atom is -0.335 e. The Hall–Kier alpha value is -0.770. The summed E-state index contributed by atoms with van der Waals surface area (Å²) in [6.07, 6.45) is 9.73. The summed E-state index contributed by atoms with van der Waals surface area (Å²) in [5.74, 6) is 0. The normalized spacial score (nSPS) is 26.1. The largest absolute Gasteiger partial charge is 0.335 e. The number of rotatable bonds is 3. The van der Waals surface area contributed by atoms with E-state index in [0.29, 0.717) is 12.1 Å². The summed E-state index contributed by atoms with van der Waals surface area (Å²) >= 11 is 0. The van der Waals surface area contributed by atoms with Gasteiger partial charge in [0.05, 0.1) is 0 Å². The Morgan fingerprint density at radius 1 is 1.11 bits per heavy atom. The predicted molar refractivity (Wildman–Crippen MR) is 73.7 cm³/mol.